The van der Waals surface area contributed by atoms with Crippen molar-refractivity contribution in [3.8, 4) is 0 Å². The van der Waals surface area contributed by atoms with Crippen LogP contribution in [0.15, 0.2) is 24.3 Å². The number of fused-ring (bicyclic) bond motifs is 1. The number of aromatic nitrogens is 1. The Morgan fingerprint density at radius 2 is 1.88 bits per heavy atom. The average Bonchev–Trinajstić information content (AvgIpc) is 2.54. The first-order chi connectivity index (χ1) is 7.97. The fourth-order valence-electron chi connectivity index (χ4n) is 2.24. The van der Waals surface area contributed by atoms with Gasteiger partial charge in [-0.25, -0.2) is 0 Å². The molecule has 92 valence electrons. The van der Waals surface area contributed by atoms with Gasteiger partial charge in [-0.15, -0.1) is 0 Å². The van der Waals surface area contributed by atoms with Gasteiger partial charge >= 0.3 is 112 Å². The van der Waals surface area contributed by atoms with E-state index in [-0.39, 0.29) is 0 Å². The third-order valence-electron chi connectivity index (χ3n) is 3.15. The van der Waals surface area contributed by atoms with Gasteiger partial charge in [-0.1, -0.05) is 0 Å². The second-order valence-electron chi connectivity index (χ2n) is 5.95. The summed E-state index contributed by atoms with van der Waals surface area (Å²) in [6, 6.07) is 10.4. The molecule has 0 bridgehead atoms. The van der Waals surface area contributed by atoms with Crippen LogP contribution in [0.1, 0.15) is 12.1 Å². The van der Waals surface area contributed by atoms with E-state index in [2.05, 4.69) is 54.5 Å². The third-order valence-corrected chi connectivity index (χ3v) is 7.20. The Labute approximate surface area is 111 Å². The van der Waals surface area contributed by atoms with E-state index in [0.717, 1.165) is 0 Å². The molecule has 0 aliphatic rings. The molecule has 0 aliphatic heterocycles. The molecule has 2 rings (SSSR count). The molecule has 1 aromatic carbocycles. The first kappa shape index (κ1) is 13.1. The zero-order valence-corrected chi connectivity index (χ0v) is 14.0. The van der Waals surface area contributed by atoms with Crippen LogP contribution in [-0.4, -0.2) is 22.8 Å². The quantitative estimate of drug-likeness (QED) is 0.764. The Kier molecular flexibility index (Phi) is 3.91. The summed E-state index contributed by atoms with van der Waals surface area (Å²) in [4.78, 5) is 0. The first-order valence-corrected chi connectivity index (χ1v) is 11.7. The first-order valence-electron chi connectivity index (χ1n) is 6.34. The molecular weight excluding hydrogens is 289 g/mol. The van der Waals surface area contributed by atoms with Crippen LogP contribution < -0.4 is 3.56 Å². The second-order valence-corrected chi connectivity index (χ2v) is 14.0. The summed E-state index contributed by atoms with van der Waals surface area (Å²) < 4.78 is 4.05. The van der Waals surface area contributed by atoms with Crippen LogP contribution >= 0.6 is 0 Å². The summed E-state index contributed by atoms with van der Waals surface area (Å²) in [6.07, 6.45) is 2.62. The normalized spacial score (nSPS) is 12.2. The Morgan fingerprint density at radius 3 is 2.59 bits per heavy atom. The van der Waals surface area contributed by atoms with Crippen molar-refractivity contribution in [2.24, 2.45) is 7.05 Å². The van der Waals surface area contributed by atoms with Crippen LogP contribution in [0.5, 0.6) is 0 Å². The number of hydrogen-bond acceptors (Lipinski definition) is 0. The van der Waals surface area contributed by atoms with E-state index in [4.69, 9.17) is 0 Å². The van der Waals surface area contributed by atoms with Gasteiger partial charge in [-0.3, -0.25) is 0 Å². The summed E-state index contributed by atoms with van der Waals surface area (Å²) in [6.45, 7) is 7.40. The summed E-state index contributed by atoms with van der Waals surface area (Å²) >= 11 is 0.519. The van der Waals surface area contributed by atoms with Gasteiger partial charge < -0.3 is 0 Å². The zero-order valence-electron chi connectivity index (χ0n) is 11.3. The van der Waals surface area contributed by atoms with E-state index < -0.39 is 8.07 Å². The van der Waals surface area contributed by atoms with Crippen molar-refractivity contribution < 1.29 is 3.56 Å². The van der Waals surface area contributed by atoms with Crippen LogP contribution in [0, 0.1) is 0 Å². The van der Waals surface area contributed by atoms with Gasteiger partial charge in [0.05, 0.1) is 0 Å². The fourth-order valence-corrected chi connectivity index (χ4v) is 5.61. The van der Waals surface area contributed by atoms with Crippen LogP contribution in [0.2, 0.25) is 25.7 Å². The van der Waals surface area contributed by atoms with Crippen LogP contribution in [0.4, 0.5) is 0 Å². The number of aryl methyl sites for hydroxylation is 2. The van der Waals surface area contributed by atoms with E-state index in [0.29, 0.717) is 14.7 Å². The van der Waals surface area contributed by atoms with Crippen LogP contribution in [-0.2, 0) is 13.5 Å². The minimum absolute atomic E-state index is 0.519. The van der Waals surface area contributed by atoms with Crippen molar-refractivity contribution >= 4 is 32.5 Å². The molecule has 0 atom stereocenters. The average molecular weight is 311 g/mol. The second kappa shape index (κ2) is 5.09. The van der Waals surface area contributed by atoms with Crippen molar-refractivity contribution in [3.05, 3.63) is 30.0 Å². The third kappa shape index (κ3) is 3.31. The molecule has 0 unspecified atom stereocenters. The fraction of sp³-hybridized carbons (Fsp3) is 0.500. The van der Waals surface area contributed by atoms with Crippen molar-refractivity contribution in [2.45, 2.75) is 38.5 Å². The van der Waals surface area contributed by atoms with Crippen molar-refractivity contribution in [2.75, 3.05) is 0 Å². The molecule has 17 heavy (non-hydrogen) atoms. The molecule has 0 saturated carbocycles. The summed E-state index contributed by atoms with van der Waals surface area (Å²) in [5.41, 5.74) is 1.58. The predicted octanol–water partition coefficient (Wildman–Crippen LogP) is 2.99. The molecule has 0 N–H and O–H groups in total. The van der Waals surface area contributed by atoms with Crippen molar-refractivity contribution in [1.29, 1.82) is 0 Å². The van der Waals surface area contributed by atoms with E-state index in [1.54, 1.807) is 9.95 Å². The molecule has 0 amide bonds. The van der Waals surface area contributed by atoms with Crippen LogP contribution in [0.25, 0.3) is 9.65 Å². The van der Waals surface area contributed by atoms with Gasteiger partial charge in [0.25, 0.3) is 0 Å². The van der Waals surface area contributed by atoms with Gasteiger partial charge in [0.2, 0.25) is 0 Å². The molecule has 3 heteroatoms. The molecule has 0 fully saturated rings. The standard InChI is InChI=1S/C14H22NSeSi/c1-15-13(9-7-11-17(2,3)4)12-8-5-6-10-14(12)16-15/h5-6,8,10H,7,9,11H2,1-4H3/q+1. The number of benzene rings is 1. The Morgan fingerprint density at radius 1 is 1.18 bits per heavy atom. The van der Waals surface area contributed by atoms with Gasteiger partial charge in [-0.2, -0.15) is 0 Å². The molecule has 2 aromatic rings. The van der Waals surface area contributed by atoms with E-state index in [1.807, 2.05) is 0 Å². The molecule has 1 aromatic heterocycles. The monoisotopic (exact) mass is 312 g/mol. The number of hydrogen-bond donors (Lipinski definition) is 0. The molecule has 0 radical (unpaired) electrons. The molecule has 0 spiro atoms. The topological polar surface area (TPSA) is 3.88 Å². The van der Waals surface area contributed by atoms with Crippen molar-refractivity contribution in [1.82, 2.24) is 0 Å². The van der Waals surface area contributed by atoms with Gasteiger partial charge in [0.15, 0.2) is 0 Å². The molecule has 0 saturated heterocycles. The van der Waals surface area contributed by atoms with E-state index >= 15 is 0 Å². The molecule has 1 heterocycles. The Hall–Kier alpha value is -0.374. The molecule has 1 nitrogen and oxygen atoms in total. The van der Waals surface area contributed by atoms with E-state index in [1.165, 1.54) is 24.3 Å². The van der Waals surface area contributed by atoms with Crippen molar-refractivity contribution in [3.63, 3.8) is 0 Å². The number of rotatable bonds is 4. The predicted molar refractivity (Wildman–Crippen MR) is 78.5 cm³/mol. The SMILES string of the molecule is C[n+]1[se]c2ccccc2c1CCC[Si](C)(C)C. The maximum absolute atomic E-state index is 2.49. The Bertz CT molecular complexity index is 510. The number of nitrogens with zero attached hydrogens (tertiary/aromatic N) is 1. The molecular formula is C14H22NSeSi+. The van der Waals surface area contributed by atoms with Gasteiger partial charge in [0.1, 0.15) is 0 Å². The summed E-state index contributed by atoms with van der Waals surface area (Å²) in [5, 5.41) is 1.52. The Balaban J connectivity index is 2.15. The minimum atomic E-state index is -0.870. The van der Waals surface area contributed by atoms with Crippen LogP contribution in [0.3, 0.4) is 0 Å². The maximum atomic E-state index is 2.49. The summed E-state index contributed by atoms with van der Waals surface area (Å²) in [5.74, 6) is 0. The zero-order chi connectivity index (χ0) is 12.5. The van der Waals surface area contributed by atoms with Gasteiger partial charge in [0, 0.05) is 0 Å². The molecule has 0 aliphatic carbocycles. The van der Waals surface area contributed by atoms with Gasteiger partial charge in [-0.05, 0) is 0 Å². The summed E-state index contributed by atoms with van der Waals surface area (Å²) in [7, 11) is 1.38. The van der Waals surface area contributed by atoms with E-state index in [9.17, 15) is 0 Å².